The van der Waals surface area contributed by atoms with Crippen molar-refractivity contribution in [1.82, 2.24) is 4.31 Å². The van der Waals surface area contributed by atoms with E-state index < -0.39 is 6.30 Å². The Hall–Kier alpha value is 0.270. The number of halogens is 2. The maximum absolute atomic E-state index is 12.4. The van der Waals surface area contributed by atoms with Crippen molar-refractivity contribution in [1.29, 1.82) is 0 Å². The lowest BCUT2D eigenvalue weighted by atomic mass is 10.6. The van der Waals surface area contributed by atoms with Gasteiger partial charge in [0.05, 0.1) is 5.03 Å². The van der Waals surface area contributed by atoms with E-state index in [1.54, 1.807) is 12.5 Å². The summed E-state index contributed by atoms with van der Waals surface area (Å²) in [5, 5.41) is 1.86. The van der Waals surface area contributed by atoms with Crippen molar-refractivity contribution in [2.45, 2.75) is 6.30 Å². The summed E-state index contributed by atoms with van der Waals surface area (Å²) in [5.41, 5.74) is 0. The Balaban J connectivity index is 2.59. The first-order valence-electron chi connectivity index (χ1n) is 2.11. The van der Waals surface area contributed by atoms with Gasteiger partial charge in [-0.05, 0) is 11.9 Å². The highest BCUT2D eigenvalue weighted by molar-refractivity contribution is 8.00. The average molecular weight is 154 g/mol. The van der Waals surface area contributed by atoms with Crippen LogP contribution in [0.4, 0.5) is 4.39 Å². The van der Waals surface area contributed by atoms with Crippen LogP contribution >= 0.6 is 23.5 Å². The van der Waals surface area contributed by atoms with E-state index in [4.69, 9.17) is 11.6 Å². The fourth-order valence-electron chi connectivity index (χ4n) is 0.417. The van der Waals surface area contributed by atoms with Crippen molar-refractivity contribution in [3.8, 4) is 0 Å². The molecule has 1 unspecified atom stereocenters. The van der Waals surface area contributed by atoms with Crippen LogP contribution in [0.1, 0.15) is 0 Å². The highest BCUT2D eigenvalue weighted by atomic mass is 35.5. The number of hydrogen-bond acceptors (Lipinski definition) is 2. The zero-order valence-corrected chi connectivity index (χ0v) is 5.84. The molecule has 1 rings (SSSR count). The van der Waals surface area contributed by atoms with Crippen LogP contribution in [0.2, 0.25) is 0 Å². The molecule has 0 aliphatic carbocycles. The standard InChI is InChI=1S/C4H5ClFNS/c1-7-4(6)3(5)2-8-7/h2,4H,1H3. The molecule has 0 fully saturated rings. The van der Waals surface area contributed by atoms with E-state index in [-0.39, 0.29) is 5.03 Å². The topological polar surface area (TPSA) is 3.24 Å². The first-order chi connectivity index (χ1) is 3.72. The lowest BCUT2D eigenvalue weighted by Crippen LogP contribution is -2.15. The summed E-state index contributed by atoms with van der Waals surface area (Å²) in [4.78, 5) is 0. The van der Waals surface area contributed by atoms with Crippen molar-refractivity contribution in [3.63, 3.8) is 0 Å². The van der Waals surface area contributed by atoms with Gasteiger partial charge in [0.2, 0.25) is 0 Å². The van der Waals surface area contributed by atoms with Gasteiger partial charge in [0.25, 0.3) is 0 Å². The van der Waals surface area contributed by atoms with Crippen LogP contribution in [0.3, 0.4) is 0 Å². The van der Waals surface area contributed by atoms with Crippen LogP contribution in [0.15, 0.2) is 10.4 Å². The molecule has 4 heteroatoms. The van der Waals surface area contributed by atoms with E-state index in [2.05, 4.69) is 0 Å². The molecule has 0 aromatic carbocycles. The highest BCUT2D eigenvalue weighted by Crippen LogP contribution is 2.31. The zero-order chi connectivity index (χ0) is 6.15. The lowest BCUT2D eigenvalue weighted by Gasteiger charge is -2.08. The summed E-state index contributed by atoms with van der Waals surface area (Å²) in [7, 11) is 1.65. The number of hydrogen-bond donors (Lipinski definition) is 0. The predicted octanol–water partition coefficient (Wildman–Crippen LogP) is 1.96. The molecular weight excluding hydrogens is 149 g/mol. The molecule has 0 N–H and O–H groups in total. The molecule has 1 nitrogen and oxygen atoms in total. The predicted molar refractivity (Wildman–Crippen MR) is 34.2 cm³/mol. The van der Waals surface area contributed by atoms with E-state index in [0.29, 0.717) is 0 Å². The van der Waals surface area contributed by atoms with Gasteiger partial charge in [-0.3, -0.25) is 0 Å². The summed E-state index contributed by atoms with van der Waals surface area (Å²) in [5.74, 6) is 0. The number of likely N-dealkylation sites (N-methyl/N-ethyl adjacent to an activating group) is 1. The van der Waals surface area contributed by atoms with Crippen LogP contribution in [-0.2, 0) is 0 Å². The van der Waals surface area contributed by atoms with Crippen LogP contribution in [0.25, 0.3) is 0 Å². The third-order valence-corrected chi connectivity index (χ3v) is 2.17. The average Bonchev–Trinajstić information content (AvgIpc) is 1.98. The van der Waals surface area contributed by atoms with Crippen LogP contribution < -0.4 is 0 Å². The van der Waals surface area contributed by atoms with E-state index in [9.17, 15) is 4.39 Å². The maximum atomic E-state index is 12.4. The zero-order valence-electron chi connectivity index (χ0n) is 4.27. The molecule has 1 heterocycles. The van der Waals surface area contributed by atoms with Gasteiger partial charge < -0.3 is 0 Å². The molecule has 1 aliphatic heterocycles. The third-order valence-electron chi connectivity index (χ3n) is 0.878. The second-order valence-electron chi connectivity index (χ2n) is 1.49. The monoisotopic (exact) mass is 153 g/mol. The minimum Gasteiger partial charge on any atom is -0.223 e. The molecule has 0 radical (unpaired) electrons. The molecule has 1 aliphatic rings. The summed E-state index contributed by atoms with van der Waals surface area (Å²) >= 11 is 6.66. The summed E-state index contributed by atoms with van der Waals surface area (Å²) in [6.45, 7) is 0. The first-order valence-corrected chi connectivity index (χ1v) is 3.32. The molecule has 46 valence electrons. The van der Waals surface area contributed by atoms with Gasteiger partial charge in [-0.25, -0.2) is 8.70 Å². The molecule has 1 atom stereocenters. The van der Waals surface area contributed by atoms with Gasteiger partial charge in [-0.1, -0.05) is 11.6 Å². The molecule has 0 aromatic heterocycles. The van der Waals surface area contributed by atoms with E-state index in [1.165, 1.54) is 16.3 Å². The Morgan fingerprint density at radius 2 is 2.62 bits per heavy atom. The van der Waals surface area contributed by atoms with Crippen molar-refractivity contribution in [3.05, 3.63) is 10.4 Å². The number of nitrogens with zero attached hydrogens (tertiary/aromatic N) is 1. The molecule has 0 aromatic rings. The smallest absolute Gasteiger partial charge is 0.199 e. The quantitative estimate of drug-likeness (QED) is 0.387. The van der Waals surface area contributed by atoms with Crippen molar-refractivity contribution >= 4 is 23.5 Å². The number of alkyl halides is 1. The molecular formula is C4H5ClFNS. The SMILES string of the molecule is CN1SC=C(Cl)C1F. The maximum Gasteiger partial charge on any atom is 0.199 e. The minimum absolute atomic E-state index is 0.275. The van der Waals surface area contributed by atoms with Gasteiger partial charge in [0, 0.05) is 12.5 Å². The second kappa shape index (κ2) is 2.25. The summed E-state index contributed by atoms with van der Waals surface area (Å²) in [6.07, 6.45) is -1.10. The Kier molecular flexibility index (Phi) is 1.80. The summed E-state index contributed by atoms with van der Waals surface area (Å²) < 4.78 is 13.9. The fourth-order valence-corrected chi connectivity index (χ4v) is 1.34. The van der Waals surface area contributed by atoms with Crippen molar-refractivity contribution < 1.29 is 4.39 Å². The van der Waals surface area contributed by atoms with Gasteiger partial charge in [0.15, 0.2) is 6.30 Å². The van der Waals surface area contributed by atoms with Crippen LogP contribution in [-0.4, -0.2) is 17.6 Å². The van der Waals surface area contributed by atoms with Crippen molar-refractivity contribution in [2.75, 3.05) is 7.05 Å². The highest BCUT2D eigenvalue weighted by Gasteiger charge is 2.22. The Morgan fingerprint density at radius 3 is 2.75 bits per heavy atom. The first kappa shape index (κ1) is 6.39. The summed E-state index contributed by atoms with van der Waals surface area (Å²) in [6, 6.07) is 0. The minimum atomic E-state index is -1.10. The van der Waals surface area contributed by atoms with Gasteiger partial charge in [-0.15, -0.1) is 0 Å². The Morgan fingerprint density at radius 1 is 2.00 bits per heavy atom. The Bertz CT molecular complexity index is 127. The largest absolute Gasteiger partial charge is 0.223 e. The second-order valence-corrected chi connectivity index (χ2v) is 2.95. The lowest BCUT2D eigenvalue weighted by molar-refractivity contribution is 0.262. The molecule has 0 saturated heterocycles. The van der Waals surface area contributed by atoms with Gasteiger partial charge >= 0.3 is 0 Å². The molecule has 0 saturated carbocycles. The van der Waals surface area contributed by atoms with E-state index >= 15 is 0 Å². The molecule has 8 heavy (non-hydrogen) atoms. The Labute approximate surface area is 56.6 Å². The van der Waals surface area contributed by atoms with Crippen LogP contribution in [0, 0.1) is 0 Å². The fraction of sp³-hybridized carbons (Fsp3) is 0.500. The number of rotatable bonds is 0. The van der Waals surface area contributed by atoms with Crippen LogP contribution in [0.5, 0.6) is 0 Å². The van der Waals surface area contributed by atoms with E-state index in [0.717, 1.165) is 0 Å². The van der Waals surface area contributed by atoms with Crippen molar-refractivity contribution in [2.24, 2.45) is 0 Å². The van der Waals surface area contributed by atoms with Gasteiger partial charge in [0.1, 0.15) is 0 Å². The molecule has 0 spiro atoms. The van der Waals surface area contributed by atoms with E-state index in [1.807, 2.05) is 0 Å². The molecule has 0 bridgehead atoms. The third kappa shape index (κ3) is 0.989. The van der Waals surface area contributed by atoms with Gasteiger partial charge in [-0.2, -0.15) is 0 Å². The normalized spacial score (nSPS) is 30.9. The molecule has 0 amide bonds.